The third kappa shape index (κ3) is 6.87. The van der Waals surface area contributed by atoms with Crippen molar-refractivity contribution in [1.82, 2.24) is 9.80 Å². The van der Waals surface area contributed by atoms with E-state index in [1.807, 2.05) is 0 Å². The predicted octanol–water partition coefficient (Wildman–Crippen LogP) is 4.14. The highest BCUT2D eigenvalue weighted by molar-refractivity contribution is 5.81. The molecule has 0 aromatic carbocycles. The fourth-order valence-corrected chi connectivity index (χ4v) is 5.16. The number of morpholine rings is 1. The summed E-state index contributed by atoms with van der Waals surface area (Å²) < 4.78 is 5.63. The number of carboxylic acid groups (broad SMARTS) is 1. The monoisotopic (exact) mass is 407 g/mol. The number of carbonyl (C=O) groups is 1. The lowest BCUT2D eigenvalue weighted by atomic mass is 9.86. The highest BCUT2D eigenvalue weighted by atomic mass is 16.5. The Labute approximate surface area is 176 Å². The van der Waals surface area contributed by atoms with E-state index < -0.39 is 5.97 Å². The van der Waals surface area contributed by atoms with Crippen molar-refractivity contribution in [3.8, 4) is 0 Å². The Morgan fingerprint density at radius 1 is 1.03 bits per heavy atom. The molecule has 0 bridgehead atoms. The molecular formula is C23H41N3O3. The Morgan fingerprint density at radius 2 is 1.62 bits per heavy atom. The van der Waals surface area contributed by atoms with Crippen LogP contribution < -0.4 is 0 Å². The zero-order chi connectivity index (χ0) is 20.7. The van der Waals surface area contributed by atoms with Gasteiger partial charge in [-0.15, -0.1) is 0 Å². The molecule has 1 aliphatic heterocycles. The molecule has 0 atom stereocenters. The standard InChI is InChI=1S/C23H41N3O3/c1-23(2,17-21(27)28)18-26(20-11-7-4-8-12-20)22(25-13-15-29-16-14-25)24-19-9-5-3-6-10-19/h19-20H,3-18H2,1-2H3,(H,27,28). The molecule has 0 unspecified atom stereocenters. The largest absolute Gasteiger partial charge is 0.481 e. The minimum atomic E-state index is -0.712. The van der Waals surface area contributed by atoms with Gasteiger partial charge in [-0.05, 0) is 31.1 Å². The number of hydrogen-bond acceptors (Lipinski definition) is 3. The second-order valence-corrected chi connectivity index (χ2v) is 9.97. The molecule has 6 heteroatoms. The fraction of sp³-hybridized carbons (Fsp3) is 0.913. The highest BCUT2D eigenvalue weighted by Crippen LogP contribution is 2.30. The van der Waals surface area contributed by atoms with E-state index in [0.717, 1.165) is 38.8 Å². The lowest BCUT2D eigenvalue weighted by molar-refractivity contribution is -0.139. The normalized spacial score (nSPS) is 23.2. The van der Waals surface area contributed by atoms with Gasteiger partial charge >= 0.3 is 5.97 Å². The summed E-state index contributed by atoms with van der Waals surface area (Å²) in [4.78, 5) is 21.8. The maximum Gasteiger partial charge on any atom is 0.303 e. The lowest BCUT2D eigenvalue weighted by Crippen LogP contribution is -2.55. The first-order valence-electron chi connectivity index (χ1n) is 11.8. The zero-order valence-corrected chi connectivity index (χ0v) is 18.6. The molecule has 2 saturated carbocycles. The molecule has 29 heavy (non-hydrogen) atoms. The van der Waals surface area contributed by atoms with Crippen molar-refractivity contribution < 1.29 is 14.6 Å². The maximum atomic E-state index is 11.5. The average Bonchev–Trinajstić information content (AvgIpc) is 2.72. The molecule has 1 N–H and O–H groups in total. The third-order valence-electron chi connectivity index (χ3n) is 6.67. The quantitative estimate of drug-likeness (QED) is 0.529. The van der Waals surface area contributed by atoms with Crippen LogP contribution in [-0.4, -0.2) is 71.8 Å². The van der Waals surface area contributed by atoms with E-state index in [0.29, 0.717) is 12.1 Å². The van der Waals surface area contributed by atoms with Crippen molar-refractivity contribution in [1.29, 1.82) is 0 Å². The van der Waals surface area contributed by atoms with Crippen LogP contribution in [0, 0.1) is 5.41 Å². The van der Waals surface area contributed by atoms with Crippen LogP contribution >= 0.6 is 0 Å². The molecule has 0 aromatic heterocycles. The first-order chi connectivity index (χ1) is 13.9. The van der Waals surface area contributed by atoms with Gasteiger partial charge in [0.2, 0.25) is 0 Å². The molecule has 3 rings (SSSR count). The minimum Gasteiger partial charge on any atom is -0.481 e. The fourth-order valence-electron chi connectivity index (χ4n) is 5.16. The predicted molar refractivity (Wildman–Crippen MR) is 116 cm³/mol. The van der Waals surface area contributed by atoms with Gasteiger partial charge in [-0.2, -0.15) is 0 Å². The molecule has 3 fully saturated rings. The number of ether oxygens (including phenoxy) is 1. The minimum absolute atomic E-state index is 0.191. The van der Waals surface area contributed by atoms with Gasteiger partial charge in [-0.25, -0.2) is 4.99 Å². The van der Waals surface area contributed by atoms with Crippen molar-refractivity contribution in [2.24, 2.45) is 10.4 Å². The Bertz CT molecular complexity index is 546. The summed E-state index contributed by atoms with van der Waals surface area (Å²) in [5.74, 6) is 0.418. The van der Waals surface area contributed by atoms with Gasteiger partial charge in [0.1, 0.15) is 0 Å². The summed E-state index contributed by atoms with van der Waals surface area (Å²) in [6.07, 6.45) is 12.7. The molecule has 2 aliphatic carbocycles. The smallest absolute Gasteiger partial charge is 0.303 e. The second-order valence-electron chi connectivity index (χ2n) is 9.97. The van der Waals surface area contributed by atoms with Crippen LogP contribution in [0.2, 0.25) is 0 Å². The maximum absolute atomic E-state index is 11.5. The number of hydrogen-bond donors (Lipinski definition) is 1. The van der Waals surface area contributed by atoms with Crippen LogP contribution in [-0.2, 0) is 9.53 Å². The summed E-state index contributed by atoms with van der Waals surface area (Å²) >= 11 is 0. The zero-order valence-electron chi connectivity index (χ0n) is 18.6. The van der Waals surface area contributed by atoms with Crippen molar-refractivity contribution >= 4 is 11.9 Å². The molecule has 1 saturated heterocycles. The van der Waals surface area contributed by atoms with Gasteiger partial charge in [0.15, 0.2) is 5.96 Å². The van der Waals surface area contributed by atoms with Crippen molar-refractivity contribution in [3.05, 3.63) is 0 Å². The van der Waals surface area contributed by atoms with E-state index >= 15 is 0 Å². The molecule has 6 nitrogen and oxygen atoms in total. The molecule has 166 valence electrons. The van der Waals surface area contributed by atoms with Crippen LogP contribution in [0.1, 0.15) is 84.5 Å². The van der Waals surface area contributed by atoms with E-state index in [1.54, 1.807) is 0 Å². The molecule has 1 heterocycles. The van der Waals surface area contributed by atoms with Crippen LogP contribution in [0.4, 0.5) is 0 Å². The first-order valence-corrected chi connectivity index (χ1v) is 11.8. The number of nitrogens with zero attached hydrogens (tertiary/aromatic N) is 3. The topological polar surface area (TPSA) is 65.4 Å². The van der Waals surface area contributed by atoms with Crippen LogP contribution in [0.3, 0.4) is 0 Å². The SMILES string of the molecule is CC(C)(CC(=O)O)CN(C(=NC1CCCCC1)N1CCOCC1)C1CCCCC1. The summed E-state index contributed by atoms with van der Waals surface area (Å²) in [6.45, 7) is 8.21. The van der Waals surface area contributed by atoms with Gasteiger partial charge in [-0.1, -0.05) is 52.4 Å². The Balaban J connectivity index is 1.88. The van der Waals surface area contributed by atoms with Gasteiger partial charge in [-0.3, -0.25) is 4.79 Å². The van der Waals surface area contributed by atoms with E-state index in [-0.39, 0.29) is 11.8 Å². The van der Waals surface area contributed by atoms with Crippen LogP contribution in [0.15, 0.2) is 4.99 Å². The van der Waals surface area contributed by atoms with Gasteiger partial charge in [0.25, 0.3) is 0 Å². The number of aliphatic imine (C=N–C) groups is 1. The highest BCUT2D eigenvalue weighted by Gasteiger charge is 2.34. The first kappa shape index (κ1) is 22.4. The Morgan fingerprint density at radius 3 is 2.21 bits per heavy atom. The lowest BCUT2D eigenvalue weighted by Gasteiger charge is -2.45. The Hall–Kier alpha value is -1.30. The van der Waals surface area contributed by atoms with Crippen molar-refractivity contribution in [2.45, 2.75) is 96.6 Å². The molecular weight excluding hydrogens is 366 g/mol. The Kier molecular flexibility index (Phi) is 8.22. The molecule has 0 spiro atoms. The van der Waals surface area contributed by atoms with Crippen molar-refractivity contribution in [2.75, 3.05) is 32.8 Å². The summed E-state index contributed by atoms with van der Waals surface area (Å²) in [5.41, 5.74) is -0.289. The van der Waals surface area contributed by atoms with Gasteiger partial charge in [0, 0.05) is 25.7 Å². The number of aliphatic carboxylic acids is 1. The molecule has 3 aliphatic rings. The van der Waals surface area contributed by atoms with Crippen LogP contribution in [0.25, 0.3) is 0 Å². The van der Waals surface area contributed by atoms with E-state index in [1.165, 1.54) is 64.2 Å². The van der Waals surface area contributed by atoms with Crippen molar-refractivity contribution in [3.63, 3.8) is 0 Å². The average molecular weight is 408 g/mol. The number of carboxylic acids is 1. The number of guanidine groups is 1. The molecule has 0 aromatic rings. The van der Waals surface area contributed by atoms with E-state index in [9.17, 15) is 9.90 Å². The summed E-state index contributed by atoms with van der Waals surface area (Å²) in [6, 6.07) is 0.886. The van der Waals surface area contributed by atoms with Gasteiger partial charge in [0.05, 0.1) is 25.7 Å². The number of rotatable bonds is 6. The molecule has 0 radical (unpaired) electrons. The van der Waals surface area contributed by atoms with E-state index in [4.69, 9.17) is 9.73 Å². The van der Waals surface area contributed by atoms with E-state index in [2.05, 4.69) is 23.6 Å². The second kappa shape index (κ2) is 10.6. The summed E-state index contributed by atoms with van der Waals surface area (Å²) in [7, 11) is 0. The molecule has 0 amide bonds. The van der Waals surface area contributed by atoms with Gasteiger partial charge < -0.3 is 19.6 Å². The third-order valence-corrected chi connectivity index (χ3v) is 6.67. The van der Waals surface area contributed by atoms with Crippen LogP contribution in [0.5, 0.6) is 0 Å². The summed E-state index contributed by atoms with van der Waals surface area (Å²) in [5, 5.41) is 9.45.